The summed E-state index contributed by atoms with van der Waals surface area (Å²) in [6.07, 6.45) is 3.31. The number of carbonyl (C=O) groups excluding carboxylic acids is 1. The van der Waals surface area contributed by atoms with Gasteiger partial charge in [-0.1, -0.05) is 6.92 Å². The first-order chi connectivity index (χ1) is 9.51. The Labute approximate surface area is 117 Å². The molecular formula is C13H20N4O3. The summed E-state index contributed by atoms with van der Waals surface area (Å²) in [5.74, 6) is -0.923. The van der Waals surface area contributed by atoms with Gasteiger partial charge in [0, 0.05) is 19.8 Å². The zero-order valence-corrected chi connectivity index (χ0v) is 11.8. The largest absolute Gasteiger partial charge is 0.479 e. The lowest BCUT2D eigenvalue weighted by Gasteiger charge is -2.33. The van der Waals surface area contributed by atoms with Crippen molar-refractivity contribution >= 4 is 12.0 Å². The summed E-state index contributed by atoms with van der Waals surface area (Å²) in [6, 6.07) is 1.49. The Bertz CT molecular complexity index is 513. The third-order valence-electron chi connectivity index (χ3n) is 4.06. The normalized spacial score (nSPS) is 22.0. The Balaban J connectivity index is 2.05. The SMILES string of the molecule is CCC1(C(=O)O)CCCN1C(=O)NCc1ccnn1C. The maximum atomic E-state index is 12.3. The van der Waals surface area contributed by atoms with Crippen LogP contribution in [-0.2, 0) is 18.4 Å². The van der Waals surface area contributed by atoms with Crippen molar-refractivity contribution in [1.82, 2.24) is 20.0 Å². The second-order valence-electron chi connectivity index (χ2n) is 5.05. The first kappa shape index (κ1) is 14.4. The van der Waals surface area contributed by atoms with Gasteiger partial charge in [0.05, 0.1) is 12.2 Å². The molecule has 0 bridgehead atoms. The number of nitrogens with one attached hydrogen (secondary N) is 1. The quantitative estimate of drug-likeness (QED) is 0.860. The van der Waals surface area contributed by atoms with Crippen molar-refractivity contribution in [3.05, 3.63) is 18.0 Å². The summed E-state index contributed by atoms with van der Waals surface area (Å²) < 4.78 is 1.68. The van der Waals surface area contributed by atoms with E-state index in [-0.39, 0.29) is 6.03 Å². The monoisotopic (exact) mass is 280 g/mol. The van der Waals surface area contributed by atoms with E-state index in [4.69, 9.17) is 0 Å². The second kappa shape index (κ2) is 5.52. The molecule has 1 unspecified atom stereocenters. The van der Waals surface area contributed by atoms with E-state index in [1.165, 1.54) is 4.90 Å². The lowest BCUT2D eigenvalue weighted by atomic mass is 9.93. The Morgan fingerprint density at radius 2 is 2.30 bits per heavy atom. The maximum absolute atomic E-state index is 12.3. The van der Waals surface area contributed by atoms with Crippen molar-refractivity contribution in [1.29, 1.82) is 0 Å². The number of carboxylic acids is 1. The summed E-state index contributed by atoms with van der Waals surface area (Å²) in [5, 5.41) is 16.2. The van der Waals surface area contributed by atoms with E-state index >= 15 is 0 Å². The molecular weight excluding hydrogens is 260 g/mol. The number of aromatic nitrogens is 2. The highest BCUT2D eigenvalue weighted by Gasteiger charge is 2.48. The standard InChI is InChI=1S/C13H20N4O3/c1-3-13(11(18)19)6-4-8-17(13)12(20)14-9-10-5-7-15-16(10)2/h5,7H,3-4,6,8-9H2,1-2H3,(H,14,20)(H,18,19). The van der Waals surface area contributed by atoms with Crippen molar-refractivity contribution in [2.24, 2.45) is 7.05 Å². The molecule has 0 spiro atoms. The summed E-state index contributed by atoms with van der Waals surface area (Å²) in [7, 11) is 1.80. The molecule has 1 saturated heterocycles. The van der Waals surface area contributed by atoms with Gasteiger partial charge in [0.2, 0.25) is 0 Å². The molecule has 0 aliphatic carbocycles. The molecule has 110 valence electrons. The molecule has 0 aromatic carbocycles. The van der Waals surface area contributed by atoms with Crippen LogP contribution in [0.3, 0.4) is 0 Å². The number of hydrogen-bond donors (Lipinski definition) is 2. The van der Waals surface area contributed by atoms with Crippen molar-refractivity contribution in [3.63, 3.8) is 0 Å². The molecule has 1 fully saturated rings. The number of aliphatic carboxylic acids is 1. The highest BCUT2D eigenvalue weighted by atomic mass is 16.4. The van der Waals surface area contributed by atoms with Crippen LogP contribution in [0.1, 0.15) is 31.9 Å². The Hall–Kier alpha value is -2.05. The van der Waals surface area contributed by atoms with E-state index in [9.17, 15) is 14.7 Å². The van der Waals surface area contributed by atoms with Crippen LogP contribution in [0.25, 0.3) is 0 Å². The number of hydrogen-bond acceptors (Lipinski definition) is 3. The van der Waals surface area contributed by atoms with E-state index in [0.717, 1.165) is 12.1 Å². The molecule has 1 aliphatic rings. The molecule has 2 N–H and O–H groups in total. The molecule has 7 heteroatoms. The van der Waals surface area contributed by atoms with Crippen LogP contribution in [0.5, 0.6) is 0 Å². The molecule has 0 radical (unpaired) electrons. The molecule has 7 nitrogen and oxygen atoms in total. The van der Waals surface area contributed by atoms with Gasteiger partial charge in [0.15, 0.2) is 0 Å². The number of rotatable bonds is 4. The van der Waals surface area contributed by atoms with Gasteiger partial charge >= 0.3 is 12.0 Å². The van der Waals surface area contributed by atoms with Gasteiger partial charge in [-0.25, -0.2) is 9.59 Å². The molecule has 1 atom stereocenters. The van der Waals surface area contributed by atoms with Crippen molar-refractivity contribution in [2.45, 2.75) is 38.3 Å². The number of carboxylic acid groups (broad SMARTS) is 1. The lowest BCUT2D eigenvalue weighted by molar-refractivity contribution is -0.148. The van der Waals surface area contributed by atoms with Gasteiger partial charge in [-0.3, -0.25) is 4.68 Å². The third kappa shape index (κ3) is 2.35. The summed E-state index contributed by atoms with van der Waals surface area (Å²) in [6.45, 7) is 2.63. The first-order valence-electron chi connectivity index (χ1n) is 6.77. The third-order valence-corrected chi connectivity index (χ3v) is 4.06. The predicted molar refractivity (Wildman–Crippen MR) is 72.0 cm³/mol. The van der Waals surface area contributed by atoms with Crippen LogP contribution in [0.4, 0.5) is 4.79 Å². The molecule has 2 heterocycles. The maximum Gasteiger partial charge on any atom is 0.329 e. The van der Waals surface area contributed by atoms with Crippen LogP contribution in [0.15, 0.2) is 12.3 Å². The highest BCUT2D eigenvalue weighted by molar-refractivity contribution is 5.87. The minimum Gasteiger partial charge on any atom is -0.479 e. The van der Waals surface area contributed by atoms with Crippen molar-refractivity contribution in [2.75, 3.05) is 6.54 Å². The van der Waals surface area contributed by atoms with Crippen LogP contribution < -0.4 is 5.32 Å². The van der Waals surface area contributed by atoms with E-state index < -0.39 is 11.5 Å². The second-order valence-corrected chi connectivity index (χ2v) is 5.05. The fraction of sp³-hybridized carbons (Fsp3) is 0.615. The zero-order valence-electron chi connectivity index (χ0n) is 11.8. The van der Waals surface area contributed by atoms with E-state index in [0.29, 0.717) is 25.9 Å². The highest BCUT2D eigenvalue weighted by Crippen LogP contribution is 2.32. The Morgan fingerprint density at radius 3 is 2.85 bits per heavy atom. The summed E-state index contributed by atoms with van der Waals surface area (Å²) in [4.78, 5) is 25.2. The zero-order chi connectivity index (χ0) is 14.8. The van der Waals surface area contributed by atoms with Gasteiger partial charge in [0.25, 0.3) is 0 Å². The van der Waals surface area contributed by atoms with Crippen molar-refractivity contribution in [3.8, 4) is 0 Å². The van der Waals surface area contributed by atoms with Gasteiger partial charge in [0.1, 0.15) is 5.54 Å². The predicted octanol–water partition coefficient (Wildman–Crippen LogP) is 0.959. The smallest absolute Gasteiger partial charge is 0.329 e. The lowest BCUT2D eigenvalue weighted by Crippen LogP contribution is -2.55. The van der Waals surface area contributed by atoms with Crippen LogP contribution in [0, 0.1) is 0 Å². The van der Waals surface area contributed by atoms with Crippen LogP contribution in [-0.4, -0.2) is 43.9 Å². The number of aryl methyl sites for hydroxylation is 1. The molecule has 1 aliphatic heterocycles. The number of nitrogens with zero attached hydrogens (tertiary/aromatic N) is 3. The van der Waals surface area contributed by atoms with E-state index in [1.807, 2.05) is 6.07 Å². The van der Waals surface area contributed by atoms with Gasteiger partial charge in [-0.05, 0) is 25.3 Å². The molecule has 1 aromatic heterocycles. The molecule has 20 heavy (non-hydrogen) atoms. The molecule has 2 amide bonds. The number of carbonyl (C=O) groups is 2. The average molecular weight is 280 g/mol. The van der Waals surface area contributed by atoms with Gasteiger partial charge < -0.3 is 15.3 Å². The van der Waals surface area contributed by atoms with Gasteiger partial charge in [-0.15, -0.1) is 0 Å². The molecule has 1 aromatic rings. The van der Waals surface area contributed by atoms with E-state index in [2.05, 4.69) is 10.4 Å². The number of urea groups is 1. The number of amides is 2. The number of likely N-dealkylation sites (tertiary alicyclic amines) is 1. The van der Waals surface area contributed by atoms with E-state index in [1.54, 1.807) is 24.9 Å². The summed E-state index contributed by atoms with van der Waals surface area (Å²) in [5.41, 5.74) is -0.189. The van der Waals surface area contributed by atoms with Crippen molar-refractivity contribution < 1.29 is 14.7 Å². The first-order valence-corrected chi connectivity index (χ1v) is 6.77. The molecule has 2 rings (SSSR count). The topological polar surface area (TPSA) is 87.5 Å². The molecule has 0 saturated carbocycles. The fourth-order valence-electron chi connectivity index (χ4n) is 2.75. The summed E-state index contributed by atoms with van der Waals surface area (Å²) >= 11 is 0. The minimum atomic E-state index is -1.06. The Morgan fingerprint density at radius 1 is 1.55 bits per heavy atom. The minimum absolute atomic E-state index is 0.326. The van der Waals surface area contributed by atoms with Gasteiger partial charge in [-0.2, -0.15) is 5.10 Å². The van der Waals surface area contributed by atoms with Crippen LogP contribution >= 0.6 is 0 Å². The Kier molecular flexibility index (Phi) is 3.96. The average Bonchev–Trinajstić information content (AvgIpc) is 3.02. The van der Waals surface area contributed by atoms with Crippen LogP contribution in [0.2, 0.25) is 0 Å². The fourth-order valence-corrected chi connectivity index (χ4v) is 2.75.